The molecular formula is C26H37N5O4. The minimum absolute atomic E-state index is 0.0310. The van der Waals surface area contributed by atoms with E-state index >= 15 is 0 Å². The van der Waals surface area contributed by atoms with Gasteiger partial charge in [0, 0.05) is 38.2 Å². The minimum Gasteiger partial charge on any atom is -0.494 e. The van der Waals surface area contributed by atoms with E-state index in [-0.39, 0.29) is 17.7 Å². The van der Waals surface area contributed by atoms with Crippen molar-refractivity contribution in [3.05, 3.63) is 35.2 Å². The van der Waals surface area contributed by atoms with Crippen molar-refractivity contribution in [1.82, 2.24) is 20.4 Å². The fourth-order valence-corrected chi connectivity index (χ4v) is 4.74. The first-order valence-corrected chi connectivity index (χ1v) is 12.7. The smallest absolute Gasteiger partial charge is 0.324 e. The van der Waals surface area contributed by atoms with Gasteiger partial charge in [0.1, 0.15) is 11.8 Å². The summed E-state index contributed by atoms with van der Waals surface area (Å²) in [6, 6.07) is 5.72. The van der Waals surface area contributed by atoms with E-state index in [1.165, 1.54) is 0 Å². The lowest BCUT2D eigenvalue weighted by molar-refractivity contribution is -0.128. The minimum atomic E-state index is -0.431. The number of benzene rings is 1. The molecule has 4 rings (SSSR count). The van der Waals surface area contributed by atoms with Crippen LogP contribution in [0.2, 0.25) is 0 Å². The molecule has 0 aliphatic carbocycles. The van der Waals surface area contributed by atoms with Crippen LogP contribution in [0, 0.1) is 12.8 Å². The predicted molar refractivity (Wildman–Crippen MR) is 133 cm³/mol. The van der Waals surface area contributed by atoms with Gasteiger partial charge in [-0.3, -0.25) is 9.59 Å². The van der Waals surface area contributed by atoms with Gasteiger partial charge in [0.25, 0.3) is 5.91 Å². The van der Waals surface area contributed by atoms with Crippen molar-refractivity contribution in [2.24, 2.45) is 5.92 Å². The molecule has 2 aliphatic heterocycles. The normalized spacial score (nSPS) is 19.0. The van der Waals surface area contributed by atoms with Crippen LogP contribution in [0.3, 0.4) is 0 Å². The third kappa shape index (κ3) is 6.13. The van der Waals surface area contributed by atoms with Crippen LogP contribution in [0.5, 0.6) is 5.75 Å². The maximum Gasteiger partial charge on any atom is 0.324 e. The molecule has 190 valence electrons. The van der Waals surface area contributed by atoms with Gasteiger partial charge in [-0.05, 0) is 68.7 Å². The highest BCUT2D eigenvalue weighted by molar-refractivity contribution is 5.99. The van der Waals surface area contributed by atoms with Gasteiger partial charge in [-0.15, -0.1) is 0 Å². The lowest BCUT2D eigenvalue weighted by atomic mass is 9.92. The maximum absolute atomic E-state index is 12.6. The second-order valence-corrected chi connectivity index (χ2v) is 10.1. The number of hydrogen-bond acceptors (Lipinski definition) is 7. The highest BCUT2D eigenvalue weighted by Gasteiger charge is 2.30. The van der Waals surface area contributed by atoms with Crippen molar-refractivity contribution in [3.8, 4) is 5.75 Å². The molecule has 3 heterocycles. The van der Waals surface area contributed by atoms with E-state index in [9.17, 15) is 9.59 Å². The maximum atomic E-state index is 12.6. The number of ether oxygens (including phenoxy) is 1. The van der Waals surface area contributed by atoms with Crippen molar-refractivity contribution in [1.29, 1.82) is 0 Å². The number of likely N-dealkylation sites (tertiary alicyclic amines) is 1. The summed E-state index contributed by atoms with van der Waals surface area (Å²) in [5.74, 6) is 2.23. The average Bonchev–Trinajstić information content (AvgIpc) is 3.46. The SMILES string of the molecule is Cc1cc(OCCCC2CCN(c3nc(C(C)C)no3)CC2)ccc1C(=O)NC1CCN(C)C1=O. The van der Waals surface area contributed by atoms with Gasteiger partial charge in [-0.1, -0.05) is 19.0 Å². The molecule has 2 aromatic rings. The number of nitrogens with zero attached hydrogens (tertiary/aromatic N) is 4. The van der Waals surface area contributed by atoms with Crippen LogP contribution >= 0.6 is 0 Å². The molecule has 0 saturated carbocycles. The molecule has 9 heteroatoms. The Kier molecular flexibility index (Phi) is 7.93. The first-order chi connectivity index (χ1) is 16.8. The van der Waals surface area contributed by atoms with E-state index in [0.717, 1.165) is 55.9 Å². The van der Waals surface area contributed by atoms with Crippen LogP contribution in [0.1, 0.15) is 73.6 Å². The molecule has 1 atom stereocenters. The van der Waals surface area contributed by atoms with Crippen molar-refractivity contribution >= 4 is 17.8 Å². The van der Waals surface area contributed by atoms with Crippen LogP contribution in [0.4, 0.5) is 6.01 Å². The Morgan fingerprint density at radius 2 is 2.00 bits per heavy atom. The Bertz CT molecular complexity index is 1030. The van der Waals surface area contributed by atoms with Crippen molar-refractivity contribution in [2.75, 3.05) is 38.2 Å². The summed E-state index contributed by atoms with van der Waals surface area (Å²) in [7, 11) is 1.76. The molecule has 1 N–H and O–H groups in total. The van der Waals surface area contributed by atoms with E-state index < -0.39 is 6.04 Å². The van der Waals surface area contributed by atoms with Gasteiger partial charge in [0.15, 0.2) is 5.82 Å². The summed E-state index contributed by atoms with van der Waals surface area (Å²) in [6.07, 6.45) is 4.99. The van der Waals surface area contributed by atoms with E-state index in [2.05, 4.69) is 34.2 Å². The molecule has 2 amide bonds. The number of amides is 2. The number of nitrogens with one attached hydrogen (secondary N) is 1. The Hall–Kier alpha value is -3.10. The van der Waals surface area contributed by atoms with Crippen molar-refractivity contribution in [3.63, 3.8) is 0 Å². The highest BCUT2D eigenvalue weighted by Crippen LogP contribution is 2.26. The Morgan fingerprint density at radius 1 is 1.23 bits per heavy atom. The molecule has 35 heavy (non-hydrogen) atoms. The lowest BCUT2D eigenvalue weighted by Gasteiger charge is -2.30. The van der Waals surface area contributed by atoms with Crippen molar-refractivity contribution in [2.45, 2.75) is 64.8 Å². The summed E-state index contributed by atoms with van der Waals surface area (Å²) >= 11 is 0. The largest absolute Gasteiger partial charge is 0.494 e. The molecule has 2 aliphatic rings. The Balaban J connectivity index is 1.17. The highest BCUT2D eigenvalue weighted by atomic mass is 16.5. The molecule has 2 fully saturated rings. The Morgan fingerprint density at radius 3 is 2.63 bits per heavy atom. The van der Waals surface area contributed by atoms with Gasteiger partial charge in [-0.25, -0.2) is 0 Å². The van der Waals surface area contributed by atoms with E-state index in [1.54, 1.807) is 18.0 Å². The molecule has 0 radical (unpaired) electrons. The zero-order valence-corrected chi connectivity index (χ0v) is 21.2. The zero-order valence-electron chi connectivity index (χ0n) is 21.2. The summed E-state index contributed by atoms with van der Waals surface area (Å²) in [5, 5.41) is 6.92. The monoisotopic (exact) mass is 483 g/mol. The van der Waals surface area contributed by atoms with Crippen LogP contribution in [0.15, 0.2) is 22.7 Å². The zero-order chi connectivity index (χ0) is 24.9. The van der Waals surface area contributed by atoms with Gasteiger partial charge >= 0.3 is 6.01 Å². The molecule has 1 unspecified atom stereocenters. The summed E-state index contributed by atoms with van der Waals surface area (Å²) < 4.78 is 11.4. The van der Waals surface area contributed by atoms with E-state index in [0.29, 0.717) is 37.1 Å². The van der Waals surface area contributed by atoms with Gasteiger partial charge in [0.2, 0.25) is 5.91 Å². The number of carbonyl (C=O) groups excluding carboxylic acids is 2. The Labute approximate surface area is 207 Å². The van der Waals surface area contributed by atoms with Crippen molar-refractivity contribution < 1.29 is 18.8 Å². The van der Waals surface area contributed by atoms with Crippen LogP contribution in [-0.4, -0.2) is 66.2 Å². The summed E-state index contributed by atoms with van der Waals surface area (Å²) in [4.78, 5) is 33.0. The number of rotatable bonds is 9. The first kappa shape index (κ1) is 25.0. The molecule has 9 nitrogen and oxygen atoms in total. The fraction of sp³-hybridized carbons (Fsp3) is 0.615. The third-order valence-electron chi connectivity index (χ3n) is 7.03. The van der Waals surface area contributed by atoms with Gasteiger partial charge in [0.05, 0.1) is 6.61 Å². The number of aryl methyl sites for hydroxylation is 1. The molecular weight excluding hydrogens is 446 g/mol. The van der Waals surface area contributed by atoms with Gasteiger partial charge < -0.3 is 24.4 Å². The second kappa shape index (κ2) is 11.1. The average molecular weight is 484 g/mol. The number of carbonyl (C=O) groups is 2. The first-order valence-electron chi connectivity index (χ1n) is 12.7. The molecule has 1 aromatic heterocycles. The molecule has 0 bridgehead atoms. The number of likely N-dealkylation sites (N-methyl/N-ethyl adjacent to an activating group) is 1. The summed E-state index contributed by atoms with van der Waals surface area (Å²) in [5.41, 5.74) is 1.42. The van der Waals surface area contributed by atoms with E-state index in [4.69, 9.17) is 9.26 Å². The third-order valence-corrected chi connectivity index (χ3v) is 7.03. The molecule has 0 spiro atoms. The van der Waals surface area contributed by atoms with Crippen LogP contribution < -0.4 is 15.0 Å². The summed E-state index contributed by atoms with van der Waals surface area (Å²) in [6.45, 7) is 9.23. The number of anilines is 1. The van der Waals surface area contributed by atoms with Crippen LogP contribution in [-0.2, 0) is 4.79 Å². The predicted octanol–water partition coefficient (Wildman–Crippen LogP) is 3.54. The number of aromatic nitrogens is 2. The van der Waals surface area contributed by atoms with Crippen LogP contribution in [0.25, 0.3) is 0 Å². The topological polar surface area (TPSA) is 101 Å². The molecule has 2 saturated heterocycles. The number of piperidine rings is 1. The quantitative estimate of drug-likeness (QED) is 0.545. The second-order valence-electron chi connectivity index (χ2n) is 10.1. The number of hydrogen-bond donors (Lipinski definition) is 1. The fourth-order valence-electron chi connectivity index (χ4n) is 4.74. The lowest BCUT2D eigenvalue weighted by Crippen LogP contribution is -2.40. The standard InChI is InChI=1S/C26H37N5O4/c1-17(2)23-28-26(35-29-23)31-13-9-19(10-14-31)6-5-15-34-20-7-8-21(18(3)16-20)24(32)27-22-11-12-30(4)25(22)33/h7-8,16-17,19,22H,5-6,9-15H2,1-4H3,(H,27,32). The van der Waals surface area contributed by atoms with Gasteiger partial charge in [-0.2, -0.15) is 4.98 Å². The molecule has 1 aromatic carbocycles. The van der Waals surface area contributed by atoms with E-state index in [1.807, 2.05) is 19.1 Å².